The Hall–Kier alpha value is -3.31. The van der Waals surface area contributed by atoms with Crippen LogP contribution in [0.3, 0.4) is 0 Å². The van der Waals surface area contributed by atoms with Crippen molar-refractivity contribution in [3.8, 4) is 17.6 Å². The number of benzene rings is 3. The summed E-state index contributed by atoms with van der Waals surface area (Å²) in [6.07, 6.45) is 0.672. The molecule has 0 radical (unpaired) electrons. The Labute approximate surface area is 200 Å². The second-order valence-electron chi connectivity index (χ2n) is 8.51. The molecule has 0 amide bonds. The normalized spacial score (nSPS) is 21.5. The maximum atomic E-state index is 13.6. The van der Waals surface area contributed by atoms with Gasteiger partial charge in [-0.25, -0.2) is 8.42 Å². The lowest BCUT2D eigenvalue weighted by Crippen LogP contribution is -2.42. The van der Waals surface area contributed by atoms with Crippen LogP contribution in [-0.2, 0) is 10.0 Å². The van der Waals surface area contributed by atoms with Gasteiger partial charge in [0.25, 0.3) is 0 Å². The van der Waals surface area contributed by atoms with Gasteiger partial charge >= 0.3 is 0 Å². The molecular formula is C27H26N2O4S. The highest BCUT2D eigenvalue weighted by molar-refractivity contribution is 7.89. The number of hydrogen-bond acceptors (Lipinski definition) is 5. The zero-order valence-electron chi connectivity index (χ0n) is 18.8. The smallest absolute Gasteiger partial charge is 0.243 e. The minimum atomic E-state index is -3.69. The standard InChI is InChI=1S/C27H26N2O4S/c1-33-26-10-6-5-7-20(26)13-11-19-12-14-24-23(17-19)27-22(25(18-30)28-24)15-16-29(27)34(31,32)21-8-3-2-4-9-21/h2-10,12,14,17,22,25,27-28,30H,15-16,18H2,1H3/t22-,25-,27-/m1/s1. The molecule has 0 unspecified atom stereocenters. The van der Waals surface area contributed by atoms with E-state index in [1.807, 2.05) is 42.5 Å². The maximum absolute atomic E-state index is 13.6. The number of hydrogen-bond donors (Lipinski definition) is 2. The molecule has 7 heteroatoms. The summed E-state index contributed by atoms with van der Waals surface area (Å²) in [7, 11) is -2.07. The molecule has 0 saturated carbocycles. The van der Waals surface area contributed by atoms with E-state index < -0.39 is 10.0 Å². The van der Waals surface area contributed by atoms with Gasteiger partial charge in [-0.05, 0) is 54.4 Å². The van der Waals surface area contributed by atoms with Crippen molar-refractivity contribution in [3.05, 3.63) is 89.5 Å². The molecule has 34 heavy (non-hydrogen) atoms. The van der Waals surface area contributed by atoms with Crippen LogP contribution in [-0.4, -0.2) is 44.1 Å². The molecule has 1 fully saturated rings. The number of fused-ring (bicyclic) bond motifs is 3. The van der Waals surface area contributed by atoms with Crippen LogP contribution in [0.1, 0.15) is 29.2 Å². The van der Waals surface area contributed by atoms with Gasteiger partial charge in [0, 0.05) is 23.7 Å². The number of aliphatic hydroxyl groups excluding tert-OH is 1. The molecule has 174 valence electrons. The molecule has 3 atom stereocenters. The number of para-hydroxylation sites is 1. The third-order valence-corrected chi connectivity index (χ3v) is 8.52. The van der Waals surface area contributed by atoms with Crippen LogP contribution in [0.15, 0.2) is 77.7 Å². The fourth-order valence-corrected chi connectivity index (χ4v) is 6.67. The summed E-state index contributed by atoms with van der Waals surface area (Å²) < 4.78 is 34.1. The van der Waals surface area contributed by atoms with Gasteiger partial charge in [0.15, 0.2) is 0 Å². The van der Waals surface area contributed by atoms with Crippen molar-refractivity contribution in [2.45, 2.75) is 23.4 Å². The van der Waals surface area contributed by atoms with Crippen molar-refractivity contribution >= 4 is 15.7 Å². The number of nitrogens with zero attached hydrogens (tertiary/aromatic N) is 1. The van der Waals surface area contributed by atoms with E-state index in [2.05, 4.69) is 17.2 Å². The van der Waals surface area contributed by atoms with Crippen LogP contribution in [0.25, 0.3) is 0 Å². The van der Waals surface area contributed by atoms with E-state index in [4.69, 9.17) is 4.74 Å². The zero-order valence-corrected chi connectivity index (χ0v) is 19.6. The second kappa shape index (κ2) is 9.15. The molecule has 1 saturated heterocycles. The molecule has 0 spiro atoms. The Kier molecular flexibility index (Phi) is 6.05. The zero-order chi connectivity index (χ0) is 23.7. The first-order valence-electron chi connectivity index (χ1n) is 11.3. The number of sulfonamides is 1. The molecule has 0 bridgehead atoms. The Balaban J connectivity index is 1.56. The first-order valence-corrected chi connectivity index (χ1v) is 12.7. The predicted octanol–water partition coefficient (Wildman–Crippen LogP) is 3.63. The summed E-state index contributed by atoms with van der Waals surface area (Å²) in [6, 6.07) is 21.3. The van der Waals surface area contributed by atoms with Gasteiger partial charge in [0.2, 0.25) is 10.0 Å². The third-order valence-electron chi connectivity index (χ3n) is 6.62. The minimum absolute atomic E-state index is 0.0339. The molecule has 5 rings (SSSR count). The number of ether oxygens (including phenoxy) is 1. The van der Waals surface area contributed by atoms with E-state index in [1.54, 1.807) is 41.7 Å². The number of rotatable bonds is 4. The van der Waals surface area contributed by atoms with Gasteiger partial charge in [0.05, 0.1) is 36.3 Å². The number of aliphatic hydroxyl groups is 1. The largest absolute Gasteiger partial charge is 0.495 e. The highest BCUT2D eigenvalue weighted by Crippen LogP contribution is 2.48. The van der Waals surface area contributed by atoms with Gasteiger partial charge in [-0.15, -0.1) is 0 Å². The fraction of sp³-hybridized carbons (Fsp3) is 0.259. The average molecular weight is 475 g/mol. The predicted molar refractivity (Wildman–Crippen MR) is 131 cm³/mol. The second-order valence-corrected chi connectivity index (χ2v) is 10.4. The van der Waals surface area contributed by atoms with Crippen molar-refractivity contribution in [1.82, 2.24) is 4.31 Å². The highest BCUT2D eigenvalue weighted by Gasteiger charge is 2.48. The van der Waals surface area contributed by atoms with Crippen molar-refractivity contribution < 1.29 is 18.3 Å². The summed E-state index contributed by atoms with van der Waals surface area (Å²) in [5, 5.41) is 13.4. The highest BCUT2D eigenvalue weighted by atomic mass is 32.2. The quantitative estimate of drug-likeness (QED) is 0.565. The Morgan fingerprint density at radius 1 is 1.06 bits per heavy atom. The summed E-state index contributed by atoms with van der Waals surface area (Å²) in [5.74, 6) is 7.04. The minimum Gasteiger partial charge on any atom is -0.495 e. The lowest BCUT2D eigenvalue weighted by Gasteiger charge is -2.38. The number of methoxy groups -OCH3 is 1. The first kappa shape index (κ1) is 22.5. The molecule has 2 aliphatic heterocycles. The van der Waals surface area contributed by atoms with E-state index in [0.717, 1.165) is 22.4 Å². The Morgan fingerprint density at radius 2 is 1.82 bits per heavy atom. The summed E-state index contributed by atoms with van der Waals surface area (Å²) in [6.45, 7) is 0.344. The SMILES string of the molecule is COc1ccccc1C#Cc1ccc2c(c1)[C@H]1[C@H](CCN1S(=O)(=O)c1ccccc1)[C@@H](CO)N2. The molecule has 2 heterocycles. The molecular weight excluding hydrogens is 448 g/mol. The number of nitrogens with one attached hydrogen (secondary N) is 1. The van der Waals surface area contributed by atoms with E-state index in [0.29, 0.717) is 18.7 Å². The summed E-state index contributed by atoms with van der Waals surface area (Å²) in [5.41, 5.74) is 3.29. The van der Waals surface area contributed by atoms with Crippen LogP contribution in [0.2, 0.25) is 0 Å². The van der Waals surface area contributed by atoms with E-state index >= 15 is 0 Å². The van der Waals surface area contributed by atoms with E-state index in [9.17, 15) is 13.5 Å². The molecule has 2 aliphatic rings. The van der Waals surface area contributed by atoms with Gasteiger partial charge in [-0.3, -0.25) is 0 Å². The summed E-state index contributed by atoms with van der Waals surface area (Å²) >= 11 is 0. The Morgan fingerprint density at radius 3 is 2.59 bits per heavy atom. The first-order chi connectivity index (χ1) is 16.5. The Bertz CT molecular complexity index is 1360. The van der Waals surface area contributed by atoms with Gasteiger partial charge < -0.3 is 15.2 Å². The monoisotopic (exact) mass is 474 g/mol. The molecule has 3 aromatic carbocycles. The van der Waals surface area contributed by atoms with Crippen LogP contribution in [0, 0.1) is 17.8 Å². The van der Waals surface area contributed by atoms with Gasteiger partial charge in [-0.2, -0.15) is 4.31 Å². The molecule has 0 aliphatic carbocycles. The van der Waals surface area contributed by atoms with Crippen LogP contribution < -0.4 is 10.1 Å². The van der Waals surface area contributed by atoms with Gasteiger partial charge in [0.1, 0.15) is 5.75 Å². The van der Waals surface area contributed by atoms with E-state index in [-0.39, 0.29) is 29.5 Å². The van der Waals surface area contributed by atoms with Crippen molar-refractivity contribution in [3.63, 3.8) is 0 Å². The van der Waals surface area contributed by atoms with Crippen LogP contribution in [0.4, 0.5) is 5.69 Å². The summed E-state index contributed by atoms with van der Waals surface area (Å²) in [4.78, 5) is 0.281. The van der Waals surface area contributed by atoms with Crippen molar-refractivity contribution in [2.24, 2.45) is 5.92 Å². The van der Waals surface area contributed by atoms with Crippen molar-refractivity contribution in [2.75, 3.05) is 25.6 Å². The van der Waals surface area contributed by atoms with Crippen molar-refractivity contribution in [1.29, 1.82) is 0 Å². The molecule has 2 N–H and O–H groups in total. The lowest BCUT2D eigenvalue weighted by molar-refractivity contribution is 0.210. The van der Waals surface area contributed by atoms with Crippen LogP contribution >= 0.6 is 0 Å². The molecule has 0 aromatic heterocycles. The van der Waals surface area contributed by atoms with Gasteiger partial charge in [-0.1, -0.05) is 42.2 Å². The maximum Gasteiger partial charge on any atom is 0.243 e. The third kappa shape index (κ3) is 3.94. The number of anilines is 1. The molecule has 3 aromatic rings. The van der Waals surface area contributed by atoms with Crippen LogP contribution in [0.5, 0.6) is 5.75 Å². The lowest BCUT2D eigenvalue weighted by atomic mass is 9.83. The van der Waals surface area contributed by atoms with E-state index in [1.165, 1.54) is 0 Å². The fourth-order valence-electron chi connectivity index (χ4n) is 4.98. The molecule has 6 nitrogen and oxygen atoms in total. The average Bonchev–Trinajstić information content (AvgIpc) is 3.34. The topological polar surface area (TPSA) is 78.9 Å².